The van der Waals surface area contributed by atoms with Crippen LogP contribution in [-0.2, 0) is 6.54 Å². The summed E-state index contributed by atoms with van der Waals surface area (Å²) in [4.78, 5) is 14.9. The molecule has 0 fully saturated rings. The van der Waals surface area contributed by atoms with E-state index in [2.05, 4.69) is 20.5 Å². The molecule has 0 saturated heterocycles. The van der Waals surface area contributed by atoms with Crippen molar-refractivity contribution in [2.45, 2.75) is 6.54 Å². The van der Waals surface area contributed by atoms with E-state index in [4.69, 9.17) is 0 Å². The van der Waals surface area contributed by atoms with E-state index in [0.717, 1.165) is 5.69 Å². The van der Waals surface area contributed by atoms with Crippen LogP contribution in [0.2, 0.25) is 0 Å². The number of fused-ring (bicyclic) bond motifs is 1. The van der Waals surface area contributed by atoms with Crippen LogP contribution in [0.25, 0.3) is 5.65 Å². The van der Waals surface area contributed by atoms with Gasteiger partial charge >= 0.3 is 5.82 Å². The number of H-pyrrole nitrogens is 1. The zero-order valence-corrected chi connectivity index (χ0v) is 9.78. The van der Waals surface area contributed by atoms with Gasteiger partial charge in [-0.05, 0) is 17.1 Å². The van der Waals surface area contributed by atoms with Crippen molar-refractivity contribution in [3.05, 3.63) is 52.5 Å². The fraction of sp³-hybridized carbons (Fsp3) is 0.0909. The van der Waals surface area contributed by atoms with Crippen molar-refractivity contribution in [3.8, 4) is 0 Å². The average molecular weight is 258 g/mol. The molecule has 0 spiro atoms. The summed E-state index contributed by atoms with van der Waals surface area (Å²) in [6, 6.07) is 7.01. The Morgan fingerprint density at radius 2 is 2.32 bits per heavy atom. The van der Waals surface area contributed by atoms with E-state index in [1.165, 1.54) is 4.40 Å². The van der Waals surface area contributed by atoms with Crippen molar-refractivity contribution in [3.63, 3.8) is 0 Å². The van der Waals surface area contributed by atoms with Crippen LogP contribution >= 0.6 is 0 Å². The van der Waals surface area contributed by atoms with Gasteiger partial charge in [0.1, 0.15) is 0 Å². The summed E-state index contributed by atoms with van der Waals surface area (Å²) in [6.07, 6.45) is 3.23. The van der Waals surface area contributed by atoms with Crippen molar-refractivity contribution in [2.75, 3.05) is 5.32 Å². The maximum atomic E-state index is 11.1. The van der Waals surface area contributed by atoms with Gasteiger partial charge in [-0.2, -0.15) is 14.5 Å². The SMILES string of the molecule is O=[N+]([O-])c1c(NCc2ccn[nH]2)nc2ccccn12. The van der Waals surface area contributed by atoms with Crippen LogP contribution in [0.4, 0.5) is 11.6 Å². The number of anilines is 1. The topological polar surface area (TPSA) is 101 Å². The number of nitrogens with zero attached hydrogens (tertiary/aromatic N) is 4. The molecule has 96 valence electrons. The van der Waals surface area contributed by atoms with Crippen LogP contribution in [0, 0.1) is 10.1 Å². The fourth-order valence-electron chi connectivity index (χ4n) is 1.84. The summed E-state index contributed by atoms with van der Waals surface area (Å²) in [5.41, 5.74) is 1.35. The number of hydrogen-bond acceptors (Lipinski definition) is 5. The second-order valence-corrected chi connectivity index (χ2v) is 3.91. The van der Waals surface area contributed by atoms with E-state index >= 15 is 0 Å². The Balaban J connectivity index is 1.98. The first-order chi connectivity index (χ1) is 9.25. The van der Waals surface area contributed by atoms with Gasteiger partial charge in [0.25, 0.3) is 0 Å². The molecule has 0 aliphatic rings. The van der Waals surface area contributed by atoms with Crippen LogP contribution in [0.5, 0.6) is 0 Å². The minimum absolute atomic E-state index is 0.0740. The molecule has 0 radical (unpaired) electrons. The highest BCUT2D eigenvalue weighted by Gasteiger charge is 2.21. The number of aromatic amines is 1. The van der Waals surface area contributed by atoms with Gasteiger partial charge < -0.3 is 15.4 Å². The third kappa shape index (κ3) is 1.99. The van der Waals surface area contributed by atoms with Gasteiger partial charge in [-0.15, -0.1) is 0 Å². The van der Waals surface area contributed by atoms with Gasteiger partial charge in [0, 0.05) is 12.3 Å². The van der Waals surface area contributed by atoms with Gasteiger partial charge in [0.2, 0.25) is 11.5 Å². The molecule has 3 heterocycles. The number of nitro groups is 1. The van der Waals surface area contributed by atoms with Crippen molar-refractivity contribution >= 4 is 17.3 Å². The van der Waals surface area contributed by atoms with E-state index < -0.39 is 4.92 Å². The Morgan fingerprint density at radius 3 is 3.05 bits per heavy atom. The van der Waals surface area contributed by atoms with Gasteiger partial charge in [-0.3, -0.25) is 5.10 Å². The maximum Gasteiger partial charge on any atom is 0.372 e. The van der Waals surface area contributed by atoms with Crippen LogP contribution in [-0.4, -0.2) is 24.5 Å². The van der Waals surface area contributed by atoms with Crippen LogP contribution in [0.3, 0.4) is 0 Å². The van der Waals surface area contributed by atoms with E-state index in [0.29, 0.717) is 12.2 Å². The zero-order valence-electron chi connectivity index (χ0n) is 9.78. The molecule has 0 aliphatic heterocycles. The molecule has 19 heavy (non-hydrogen) atoms. The van der Waals surface area contributed by atoms with Crippen LogP contribution in [0.1, 0.15) is 5.69 Å². The molecule has 2 N–H and O–H groups in total. The lowest BCUT2D eigenvalue weighted by Gasteiger charge is -2.00. The molecule has 0 saturated carbocycles. The first-order valence-electron chi connectivity index (χ1n) is 5.59. The van der Waals surface area contributed by atoms with Crippen molar-refractivity contribution in [1.82, 2.24) is 19.6 Å². The molecule has 0 bridgehead atoms. The van der Waals surface area contributed by atoms with Crippen molar-refractivity contribution in [2.24, 2.45) is 0 Å². The molecule has 3 rings (SSSR count). The monoisotopic (exact) mass is 258 g/mol. The minimum atomic E-state index is -0.449. The molecule has 8 nitrogen and oxygen atoms in total. The summed E-state index contributed by atoms with van der Waals surface area (Å²) < 4.78 is 1.44. The molecule has 0 aliphatic carbocycles. The van der Waals surface area contributed by atoms with Crippen LogP contribution < -0.4 is 5.32 Å². The second kappa shape index (κ2) is 4.41. The van der Waals surface area contributed by atoms with E-state index in [-0.39, 0.29) is 11.6 Å². The largest absolute Gasteiger partial charge is 0.372 e. The van der Waals surface area contributed by atoms with Gasteiger partial charge in [0.15, 0.2) is 0 Å². The van der Waals surface area contributed by atoms with E-state index in [1.54, 1.807) is 36.7 Å². The summed E-state index contributed by atoms with van der Waals surface area (Å²) in [7, 11) is 0. The van der Waals surface area contributed by atoms with Gasteiger partial charge in [-0.25, -0.2) is 0 Å². The third-order valence-corrected chi connectivity index (χ3v) is 2.68. The highest BCUT2D eigenvalue weighted by Crippen LogP contribution is 2.25. The Bertz CT molecular complexity index is 718. The molecule has 8 heteroatoms. The molecule has 0 unspecified atom stereocenters. The summed E-state index contributed by atoms with van der Waals surface area (Å²) in [5, 5.41) is 20.7. The third-order valence-electron chi connectivity index (χ3n) is 2.68. The average Bonchev–Trinajstić information content (AvgIpc) is 3.03. The highest BCUT2D eigenvalue weighted by atomic mass is 16.6. The first-order valence-corrected chi connectivity index (χ1v) is 5.59. The van der Waals surface area contributed by atoms with Crippen LogP contribution in [0.15, 0.2) is 36.7 Å². The zero-order chi connectivity index (χ0) is 13.2. The molecule has 0 atom stereocenters. The van der Waals surface area contributed by atoms with Gasteiger partial charge in [-0.1, -0.05) is 6.07 Å². The number of imidazole rings is 1. The molecule has 0 aromatic carbocycles. The molecule has 3 aromatic heterocycles. The lowest BCUT2D eigenvalue weighted by atomic mass is 10.4. The lowest BCUT2D eigenvalue weighted by Crippen LogP contribution is -2.03. The van der Waals surface area contributed by atoms with Gasteiger partial charge in [0.05, 0.1) is 18.4 Å². The van der Waals surface area contributed by atoms with E-state index in [1.807, 2.05) is 0 Å². The minimum Gasteiger partial charge on any atom is -0.358 e. The Labute approximate surface area is 107 Å². The molecular formula is C11H10N6O2. The molecular weight excluding hydrogens is 248 g/mol. The highest BCUT2D eigenvalue weighted by molar-refractivity contribution is 5.62. The smallest absolute Gasteiger partial charge is 0.358 e. The Kier molecular flexibility index (Phi) is 2.60. The first kappa shape index (κ1) is 11.2. The van der Waals surface area contributed by atoms with E-state index in [9.17, 15) is 10.1 Å². The standard InChI is InChI=1S/C11H10N6O2/c18-17(19)11-10(12-7-8-4-5-13-15-8)14-9-3-1-2-6-16(9)11/h1-6,12H,7H2,(H,13,15). The second-order valence-electron chi connectivity index (χ2n) is 3.91. The quantitative estimate of drug-likeness (QED) is 0.546. The summed E-state index contributed by atoms with van der Waals surface area (Å²) >= 11 is 0. The van der Waals surface area contributed by atoms with Crippen molar-refractivity contribution in [1.29, 1.82) is 0 Å². The predicted octanol–water partition coefficient (Wildman–Crippen LogP) is 1.58. The maximum absolute atomic E-state index is 11.1. The number of pyridine rings is 1. The number of nitrogens with one attached hydrogen (secondary N) is 2. The number of hydrogen-bond donors (Lipinski definition) is 2. The summed E-state index contributed by atoms with van der Waals surface area (Å²) in [5.74, 6) is 0.168. The predicted molar refractivity (Wildman–Crippen MR) is 67.8 cm³/mol. The number of rotatable bonds is 4. The molecule has 0 amide bonds. The normalized spacial score (nSPS) is 10.7. The Morgan fingerprint density at radius 1 is 1.42 bits per heavy atom. The lowest BCUT2D eigenvalue weighted by molar-refractivity contribution is -0.389. The number of aromatic nitrogens is 4. The fourth-order valence-corrected chi connectivity index (χ4v) is 1.84. The molecule has 3 aromatic rings. The Hall–Kier alpha value is -2.90. The summed E-state index contributed by atoms with van der Waals surface area (Å²) in [6.45, 7) is 0.394. The van der Waals surface area contributed by atoms with Crippen molar-refractivity contribution < 1.29 is 4.92 Å².